The highest BCUT2D eigenvalue weighted by atomic mass is 79.9. The number of carbonyl (C=O) groups excluding carboxylic acids is 4. The number of carbonyl (C=O) groups is 4. The average molecular weight is 757 g/mol. The standard InChI is InChI=1S/C39H54BrN3O7/c1-6-9-20-30(45)41-25(5)33(26-16-12-10-13-17-26)49-38(48)31-32-36(46)43(29(23-44)24(4)8-3)35(39(32)22-28(40)34(31)50-39)37(47)42(21-7-2)27-18-14-11-15-19-27/h6-7,10,12-13,16-17,24-25,27-29,31-35,44H,1-2,8-9,11,14-15,18-23H2,3-5H3,(H,41,45)/t24-,25+,28?,29-,31-,32+,33+,34-,35-,39+/m0/s1. The van der Waals surface area contributed by atoms with E-state index < -0.39 is 53.7 Å². The molecule has 3 amide bonds. The first kappa shape index (κ1) is 38.2. The zero-order chi connectivity index (χ0) is 36.2. The van der Waals surface area contributed by atoms with Gasteiger partial charge in [0, 0.05) is 23.8 Å². The monoisotopic (exact) mass is 755 g/mol. The number of benzene rings is 1. The summed E-state index contributed by atoms with van der Waals surface area (Å²) in [5, 5.41) is 13.7. The second-order valence-corrected chi connectivity index (χ2v) is 15.7. The van der Waals surface area contributed by atoms with Crippen LogP contribution < -0.4 is 5.32 Å². The Hall–Kier alpha value is -3.02. The highest BCUT2D eigenvalue weighted by Crippen LogP contribution is 2.61. The van der Waals surface area contributed by atoms with Crippen LogP contribution in [0, 0.1) is 17.8 Å². The van der Waals surface area contributed by atoms with Gasteiger partial charge in [-0.3, -0.25) is 19.2 Å². The number of hydrogen-bond acceptors (Lipinski definition) is 7. The number of fused-ring (bicyclic) bond motifs is 1. The second kappa shape index (κ2) is 16.5. The van der Waals surface area contributed by atoms with Crippen molar-refractivity contribution in [2.24, 2.45) is 17.8 Å². The summed E-state index contributed by atoms with van der Waals surface area (Å²) in [5.74, 6) is -3.50. The fourth-order valence-electron chi connectivity index (χ4n) is 8.84. The largest absolute Gasteiger partial charge is 0.455 e. The first-order chi connectivity index (χ1) is 24.0. The van der Waals surface area contributed by atoms with E-state index >= 15 is 4.79 Å². The lowest BCUT2D eigenvalue weighted by Crippen LogP contribution is -2.61. The lowest BCUT2D eigenvalue weighted by molar-refractivity contribution is -0.163. The molecular weight excluding hydrogens is 702 g/mol. The summed E-state index contributed by atoms with van der Waals surface area (Å²) in [4.78, 5) is 60.2. The van der Waals surface area contributed by atoms with E-state index in [0.717, 1.165) is 32.1 Å². The van der Waals surface area contributed by atoms with Crippen molar-refractivity contribution in [1.82, 2.24) is 15.1 Å². The highest BCUT2D eigenvalue weighted by Gasteiger charge is 2.78. The van der Waals surface area contributed by atoms with Crippen LogP contribution in [0.4, 0.5) is 0 Å². The van der Waals surface area contributed by atoms with Gasteiger partial charge in [0.2, 0.25) is 17.7 Å². The van der Waals surface area contributed by atoms with Crippen LogP contribution in [0.2, 0.25) is 0 Å². The molecule has 3 aliphatic heterocycles. The minimum atomic E-state index is -1.29. The molecule has 2 bridgehead atoms. The Labute approximate surface area is 305 Å². The number of esters is 1. The van der Waals surface area contributed by atoms with E-state index in [1.54, 1.807) is 24.0 Å². The molecule has 5 rings (SSSR count). The number of aliphatic hydroxyl groups is 1. The number of rotatable bonds is 16. The van der Waals surface area contributed by atoms with Crippen molar-refractivity contribution in [1.29, 1.82) is 0 Å². The molecule has 10 atom stereocenters. The van der Waals surface area contributed by atoms with E-state index in [0.29, 0.717) is 31.4 Å². The van der Waals surface area contributed by atoms with Crippen LogP contribution in [0.3, 0.4) is 0 Å². The fourth-order valence-corrected chi connectivity index (χ4v) is 9.78. The zero-order valence-corrected chi connectivity index (χ0v) is 31.3. The number of alkyl halides is 1. The van der Waals surface area contributed by atoms with E-state index in [-0.39, 0.29) is 47.5 Å². The highest BCUT2D eigenvalue weighted by molar-refractivity contribution is 9.09. The number of likely N-dealkylation sites (tertiary alicyclic amines) is 1. The first-order valence-corrected chi connectivity index (χ1v) is 19.3. The third kappa shape index (κ3) is 7.19. The third-order valence-corrected chi connectivity index (χ3v) is 12.3. The molecule has 4 aliphatic rings. The maximum absolute atomic E-state index is 15.0. The van der Waals surface area contributed by atoms with Crippen LogP contribution in [0.5, 0.6) is 0 Å². The van der Waals surface area contributed by atoms with E-state index in [1.807, 2.05) is 49.1 Å². The van der Waals surface area contributed by atoms with Gasteiger partial charge in [-0.1, -0.05) is 97.9 Å². The van der Waals surface area contributed by atoms with Crippen LogP contribution in [0.1, 0.15) is 90.2 Å². The van der Waals surface area contributed by atoms with E-state index in [1.165, 1.54) is 0 Å². The van der Waals surface area contributed by atoms with Crippen molar-refractivity contribution >= 4 is 39.6 Å². The average Bonchev–Trinajstić information content (AvgIpc) is 3.72. The van der Waals surface area contributed by atoms with Gasteiger partial charge in [-0.15, -0.1) is 13.2 Å². The van der Waals surface area contributed by atoms with E-state index in [4.69, 9.17) is 9.47 Å². The van der Waals surface area contributed by atoms with Crippen molar-refractivity contribution in [3.8, 4) is 0 Å². The summed E-state index contributed by atoms with van der Waals surface area (Å²) in [5.41, 5.74) is -0.595. The molecule has 274 valence electrons. The molecule has 1 saturated carbocycles. The first-order valence-electron chi connectivity index (χ1n) is 18.4. The predicted molar refractivity (Wildman–Crippen MR) is 194 cm³/mol. The normalized spacial score (nSPS) is 29.8. The molecule has 3 saturated heterocycles. The molecule has 11 heteroatoms. The quantitative estimate of drug-likeness (QED) is 0.134. The van der Waals surface area contributed by atoms with Crippen molar-refractivity contribution < 1.29 is 33.8 Å². The van der Waals surface area contributed by atoms with Crippen LogP contribution in [-0.2, 0) is 28.7 Å². The van der Waals surface area contributed by atoms with Crippen molar-refractivity contribution in [3.05, 3.63) is 61.2 Å². The smallest absolute Gasteiger partial charge is 0.313 e. The van der Waals surface area contributed by atoms with Gasteiger partial charge >= 0.3 is 5.97 Å². The summed E-state index contributed by atoms with van der Waals surface area (Å²) in [6, 6.07) is 6.97. The summed E-state index contributed by atoms with van der Waals surface area (Å²) >= 11 is 3.77. The van der Waals surface area contributed by atoms with Gasteiger partial charge in [-0.2, -0.15) is 0 Å². The second-order valence-electron chi connectivity index (χ2n) is 14.6. The zero-order valence-electron chi connectivity index (χ0n) is 29.7. The lowest BCUT2D eigenvalue weighted by atomic mass is 9.70. The van der Waals surface area contributed by atoms with Crippen molar-refractivity contribution in [2.45, 2.75) is 125 Å². The molecular formula is C39H54BrN3O7. The molecule has 1 aromatic rings. The molecule has 1 unspecified atom stereocenters. The number of hydrogen-bond donors (Lipinski definition) is 2. The van der Waals surface area contributed by atoms with Gasteiger partial charge in [0.25, 0.3) is 0 Å². The summed E-state index contributed by atoms with van der Waals surface area (Å²) in [7, 11) is 0. The molecule has 10 nitrogen and oxygen atoms in total. The van der Waals surface area contributed by atoms with Gasteiger partial charge in [0.05, 0.1) is 36.6 Å². The van der Waals surface area contributed by atoms with Gasteiger partial charge < -0.3 is 29.7 Å². The predicted octanol–water partition coefficient (Wildman–Crippen LogP) is 5.24. The Balaban J connectivity index is 1.53. The van der Waals surface area contributed by atoms with Crippen LogP contribution in [0.25, 0.3) is 0 Å². The van der Waals surface area contributed by atoms with E-state index in [9.17, 15) is 19.5 Å². The topological polar surface area (TPSA) is 125 Å². The Morgan fingerprint density at radius 3 is 2.48 bits per heavy atom. The molecule has 2 N–H and O–H groups in total. The minimum Gasteiger partial charge on any atom is -0.455 e. The molecule has 4 fully saturated rings. The summed E-state index contributed by atoms with van der Waals surface area (Å²) in [6.07, 6.45) is 8.55. The Morgan fingerprint density at radius 2 is 1.86 bits per heavy atom. The van der Waals surface area contributed by atoms with Crippen molar-refractivity contribution in [2.75, 3.05) is 13.2 Å². The number of aliphatic hydroxyl groups excluding tert-OH is 1. The fraction of sp³-hybridized carbons (Fsp3) is 0.641. The molecule has 3 heterocycles. The van der Waals surface area contributed by atoms with Gasteiger partial charge in [-0.25, -0.2) is 0 Å². The molecule has 0 aromatic heterocycles. The van der Waals surface area contributed by atoms with Crippen LogP contribution in [0.15, 0.2) is 55.6 Å². The summed E-state index contributed by atoms with van der Waals surface area (Å²) < 4.78 is 13.1. The van der Waals surface area contributed by atoms with Crippen LogP contribution in [-0.4, -0.2) is 92.4 Å². The number of ether oxygens (including phenoxy) is 2. The number of halogens is 1. The summed E-state index contributed by atoms with van der Waals surface area (Å²) in [6.45, 7) is 13.4. The Bertz CT molecular complexity index is 1400. The molecule has 50 heavy (non-hydrogen) atoms. The van der Waals surface area contributed by atoms with E-state index in [2.05, 4.69) is 34.4 Å². The van der Waals surface area contributed by atoms with Gasteiger partial charge in [0.15, 0.2) is 0 Å². The molecule has 1 aromatic carbocycles. The maximum atomic E-state index is 15.0. The molecule has 1 spiro atoms. The van der Waals surface area contributed by atoms with Crippen molar-refractivity contribution in [3.63, 3.8) is 0 Å². The number of nitrogens with zero attached hydrogens (tertiary/aromatic N) is 2. The lowest BCUT2D eigenvalue weighted by Gasteiger charge is -2.43. The molecule has 1 aliphatic carbocycles. The number of nitrogens with one attached hydrogen (secondary N) is 1. The Kier molecular flexibility index (Phi) is 12.6. The molecule has 0 radical (unpaired) electrons. The maximum Gasteiger partial charge on any atom is 0.313 e. The Morgan fingerprint density at radius 1 is 1.16 bits per heavy atom. The SMILES string of the molecule is C=CCCC(=O)N[C@H](C)[C@@H](OC(=O)[C@@H]1[C@H]2O[C@@]3(CC2Br)[C@H](C(=O)N(CC=C)C2CCCCC2)N([C@@H](CO)[C@@H](C)CC)C(=O)[C@@H]13)c1ccccc1. The number of amides is 3. The van der Waals surface area contributed by atoms with Gasteiger partial charge in [-0.05, 0) is 44.1 Å². The van der Waals surface area contributed by atoms with Crippen LogP contribution >= 0.6 is 15.9 Å². The third-order valence-electron chi connectivity index (χ3n) is 11.5. The van der Waals surface area contributed by atoms with Gasteiger partial charge in [0.1, 0.15) is 17.7 Å². The minimum absolute atomic E-state index is 0.00627. The number of allylic oxidation sites excluding steroid dienone is 1.